The Bertz CT molecular complexity index is 689. The monoisotopic (exact) mass is 356 g/mol. The summed E-state index contributed by atoms with van der Waals surface area (Å²) in [5.41, 5.74) is 1.18. The molecule has 1 unspecified atom stereocenters. The second-order valence-electron chi connectivity index (χ2n) is 4.35. The lowest BCUT2D eigenvalue weighted by Gasteiger charge is -2.13. The van der Waals surface area contributed by atoms with E-state index in [1.807, 2.05) is 23.9 Å². The van der Waals surface area contributed by atoms with Crippen LogP contribution in [0.25, 0.3) is 0 Å². The zero-order chi connectivity index (χ0) is 13.4. The van der Waals surface area contributed by atoms with Gasteiger partial charge in [0.15, 0.2) is 5.15 Å². The van der Waals surface area contributed by atoms with Crippen LogP contribution in [0.2, 0.25) is 5.15 Å². The minimum Gasteiger partial charge on any atom is -0.298 e. The van der Waals surface area contributed by atoms with Crippen molar-refractivity contribution in [1.29, 1.82) is 0 Å². The first-order chi connectivity index (χ1) is 9.16. The third-order valence-electron chi connectivity index (χ3n) is 3.16. The summed E-state index contributed by atoms with van der Waals surface area (Å²) in [6.45, 7) is 0.631. The maximum absolute atomic E-state index is 12.1. The standard InChI is InChI=1S/C13H10BrClN2OS/c14-11-12(15)16-7-17(13(11)18)5-8-6-19-10-4-2-1-3-9(8)10/h1-4,7-8H,5-6H2. The van der Waals surface area contributed by atoms with Gasteiger partial charge in [0, 0.05) is 23.1 Å². The molecule has 0 saturated heterocycles. The predicted octanol–water partition coefficient (Wildman–Crippen LogP) is 3.55. The van der Waals surface area contributed by atoms with Crippen molar-refractivity contribution in [3.63, 3.8) is 0 Å². The molecule has 3 rings (SSSR count). The fourth-order valence-electron chi connectivity index (χ4n) is 2.19. The Morgan fingerprint density at radius 3 is 3.11 bits per heavy atom. The Morgan fingerprint density at radius 1 is 1.47 bits per heavy atom. The van der Waals surface area contributed by atoms with Gasteiger partial charge in [-0.15, -0.1) is 11.8 Å². The normalized spacial score (nSPS) is 17.5. The molecule has 0 fully saturated rings. The van der Waals surface area contributed by atoms with E-state index in [2.05, 4.69) is 33.0 Å². The highest BCUT2D eigenvalue weighted by molar-refractivity contribution is 9.10. The summed E-state index contributed by atoms with van der Waals surface area (Å²) in [6, 6.07) is 8.33. The first kappa shape index (κ1) is 13.2. The second kappa shape index (κ2) is 5.31. The van der Waals surface area contributed by atoms with Gasteiger partial charge in [0.25, 0.3) is 5.56 Å². The van der Waals surface area contributed by atoms with E-state index in [9.17, 15) is 4.79 Å². The summed E-state index contributed by atoms with van der Waals surface area (Å²) in [5.74, 6) is 1.33. The molecule has 0 N–H and O–H groups in total. The maximum Gasteiger partial charge on any atom is 0.269 e. The Kier molecular flexibility index (Phi) is 3.69. The van der Waals surface area contributed by atoms with Crippen molar-refractivity contribution in [2.24, 2.45) is 0 Å². The van der Waals surface area contributed by atoms with Crippen molar-refractivity contribution < 1.29 is 0 Å². The van der Waals surface area contributed by atoms with Crippen LogP contribution in [0.1, 0.15) is 11.5 Å². The molecule has 1 aliphatic heterocycles. The number of fused-ring (bicyclic) bond motifs is 1. The summed E-state index contributed by atoms with van der Waals surface area (Å²) < 4.78 is 1.94. The zero-order valence-electron chi connectivity index (χ0n) is 9.85. The summed E-state index contributed by atoms with van der Waals surface area (Å²) >= 11 is 10.8. The average Bonchev–Trinajstić information content (AvgIpc) is 2.83. The van der Waals surface area contributed by atoms with Crippen molar-refractivity contribution in [3.8, 4) is 0 Å². The van der Waals surface area contributed by atoms with Crippen molar-refractivity contribution in [2.75, 3.05) is 5.75 Å². The van der Waals surface area contributed by atoms with Crippen LogP contribution in [0.4, 0.5) is 0 Å². The van der Waals surface area contributed by atoms with Crippen LogP contribution in [0.5, 0.6) is 0 Å². The third-order valence-corrected chi connectivity index (χ3v) is 5.64. The molecule has 1 aliphatic rings. The zero-order valence-corrected chi connectivity index (χ0v) is 13.0. The SMILES string of the molecule is O=c1c(Br)c(Cl)ncn1CC1CSc2ccccc21. The van der Waals surface area contributed by atoms with Crippen LogP contribution >= 0.6 is 39.3 Å². The maximum atomic E-state index is 12.1. The summed E-state index contributed by atoms with van der Waals surface area (Å²) in [7, 11) is 0. The molecule has 1 aromatic heterocycles. The minimum atomic E-state index is -0.130. The molecule has 0 saturated carbocycles. The van der Waals surface area contributed by atoms with Gasteiger partial charge in [-0.1, -0.05) is 29.8 Å². The first-order valence-electron chi connectivity index (χ1n) is 5.79. The number of thioether (sulfide) groups is 1. The van der Waals surface area contributed by atoms with Gasteiger partial charge < -0.3 is 0 Å². The molecule has 0 amide bonds. The van der Waals surface area contributed by atoms with Gasteiger partial charge in [-0.2, -0.15) is 0 Å². The molecule has 0 radical (unpaired) electrons. The molecule has 6 heteroatoms. The molecule has 1 atom stereocenters. The molecule has 3 nitrogen and oxygen atoms in total. The molecule has 98 valence electrons. The van der Waals surface area contributed by atoms with Crippen molar-refractivity contribution in [3.05, 3.63) is 56.1 Å². The van der Waals surface area contributed by atoms with Gasteiger partial charge in [-0.05, 0) is 27.6 Å². The van der Waals surface area contributed by atoms with Crippen molar-refractivity contribution in [2.45, 2.75) is 17.4 Å². The van der Waals surface area contributed by atoms with Crippen LogP contribution < -0.4 is 5.56 Å². The topological polar surface area (TPSA) is 34.9 Å². The summed E-state index contributed by atoms with van der Waals surface area (Å²) in [6.07, 6.45) is 1.51. The van der Waals surface area contributed by atoms with Gasteiger partial charge in [-0.25, -0.2) is 4.98 Å². The molecule has 0 bridgehead atoms. The summed E-state index contributed by atoms with van der Waals surface area (Å²) in [5, 5.41) is 0.211. The lowest BCUT2D eigenvalue weighted by atomic mass is 10.0. The number of nitrogens with zero attached hydrogens (tertiary/aromatic N) is 2. The molecule has 1 aromatic carbocycles. The quantitative estimate of drug-likeness (QED) is 0.771. The Balaban J connectivity index is 1.92. The predicted molar refractivity (Wildman–Crippen MR) is 81.1 cm³/mol. The lowest BCUT2D eigenvalue weighted by molar-refractivity contribution is 0.577. The Morgan fingerprint density at radius 2 is 2.26 bits per heavy atom. The lowest BCUT2D eigenvalue weighted by Crippen LogP contribution is -2.24. The highest BCUT2D eigenvalue weighted by Gasteiger charge is 2.23. The number of halogens is 2. The van der Waals surface area contributed by atoms with E-state index in [1.54, 1.807) is 4.57 Å². The van der Waals surface area contributed by atoms with Crippen LogP contribution in [0.3, 0.4) is 0 Å². The van der Waals surface area contributed by atoms with E-state index >= 15 is 0 Å². The van der Waals surface area contributed by atoms with E-state index in [-0.39, 0.29) is 10.7 Å². The molecule has 0 aliphatic carbocycles. The molecular formula is C13H10BrClN2OS. The highest BCUT2D eigenvalue weighted by Crippen LogP contribution is 2.39. The largest absolute Gasteiger partial charge is 0.298 e. The Labute approximate surface area is 128 Å². The van der Waals surface area contributed by atoms with Gasteiger partial charge in [0.2, 0.25) is 0 Å². The molecule has 19 heavy (non-hydrogen) atoms. The molecular weight excluding hydrogens is 348 g/mol. The summed E-state index contributed by atoms with van der Waals surface area (Å²) in [4.78, 5) is 17.4. The highest BCUT2D eigenvalue weighted by atomic mass is 79.9. The number of hydrogen-bond donors (Lipinski definition) is 0. The van der Waals surface area contributed by atoms with Crippen LogP contribution in [-0.2, 0) is 6.54 Å². The molecule has 0 spiro atoms. The Hall–Kier alpha value is -0.780. The van der Waals surface area contributed by atoms with Gasteiger partial charge in [0.05, 0.1) is 6.33 Å². The van der Waals surface area contributed by atoms with Gasteiger partial charge in [-0.3, -0.25) is 9.36 Å². The minimum absolute atomic E-state index is 0.130. The van der Waals surface area contributed by atoms with Crippen LogP contribution in [0.15, 0.2) is 44.8 Å². The molecule has 2 aromatic rings. The van der Waals surface area contributed by atoms with E-state index in [0.29, 0.717) is 16.9 Å². The van der Waals surface area contributed by atoms with Crippen molar-refractivity contribution in [1.82, 2.24) is 9.55 Å². The fraction of sp³-hybridized carbons (Fsp3) is 0.231. The number of rotatable bonds is 2. The van der Waals surface area contributed by atoms with Crippen LogP contribution in [-0.4, -0.2) is 15.3 Å². The van der Waals surface area contributed by atoms with Gasteiger partial charge >= 0.3 is 0 Å². The van der Waals surface area contributed by atoms with E-state index in [4.69, 9.17) is 11.6 Å². The fourth-order valence-corrected chi connectivity index (χ4v) is 3.89. The van der Waals surface area contributed by atoms with Crippen molar-refractivity contribution >= 4 is 39.3 Å². The van der Waals surface area contributed by atoms with E-state index in [0.717, 1.165) is 5.75 Å². The smallest absolute Gasteiger partial charge is 0.269 e. The second-order valence-corrected chi connectivity index (χ2v) is 6.57. The van der Waals surface area contributed by atoms with Crippen LogP contribution in [0, 0.1) is 0 Å². The molecule has 2 heterocycles. The van der Waals surface area contributed by atoms with E-state index in [1.165, 1.54) is 16.8 Å². The van der Waals surface area contributed by atoms with E-state index < -0.39 is 0 Å². The third kappa shape index (κ3) is 2.47. The first-order valence-corrected chi connectivity index (χ1v) is 7.94. The number of benzene rings is 1. The average molecular weight is 358 g/mol. The number of aromatic nitrogens is 2. The van der Waals surface area contributed by atoms with Gasteiger partial charge in [0.1, 0.15) is 4.47 Å². The number of hydrogen-bond acceptors (Lipinski definition) is 3.